The van der Waals surface area contributed by atoms with Crippen molar-refractivity contribution in [3.63, 3.8) is 0 Å². The Morgan fingerprint density at radius 3 is 2.20 bits per heavy atom. The molecule has 3 rings (SSSR count). The van der Waals surface area contributed by atoms with Crippen molar-refractivity contribution in [1.82, 2.24) is 0 Å². The number of nitro benzene ring substituents is 1. The summed E-state index contributed by atoms with van der Waals surface area (Å²) < 4.78 is 24.6. The Morgan fingerprint density at radius 2 is 1.67 bits per heavy atom. The largest absolute Gasteiger partial charge is 0.357 e. The molecule has 0 aromatic heterocycles. The maximum absolute atomic E-state index is 13.5. The van der Waals surface area contributed by atoms with Gasteiger partial charge in [-0.05, 0) is 25.8 Å². The molecule has 0 unspecified atom stereocenters. The Balaban J connectivity index is 2.04. The number of hydrogen-bond acceptors (Lipinski definition) is 6. The molecule has 0 heterocycles. The average molecular weight is 429 g/mol. The Labute approximate surface area is 175 Å². The van der Waals surface area contributed by atoms with Crippen LogP contribution in [0.5, 0.6) is 0 Å². The van der Waals surface area contributed by atoms with Gasteiger partial charge in [0.05, 0.1) is 24.1 Å². The molecule has 2 aromatic rings. The van der Waals surface area contributed by atoms with Crippen LogP contribution in [0.1, 0.15) is 42.1 Å². The molecular weight excluding hydrogens is 405 g/mol. The van der Waals surface area contributed by atoms with Crippen molar-refractivity contribution >= 4 is 19.1 Å². The monoisotopic (exact) mass is 429 g/mol. The molecule has 7 nitrogen and oxygen atoms in total. The summed E-state index contributed by atoms with van der Waals surface area (Å²) in [6.45, 7) is 3.82. The van der Waals surface area contributed by atoms with Gasteiger partial charge in [-0.15, -0.1) is 0 Å². The number of non-ortho nitro benzene ring substituents is 1. The van der Waals surface area contributed by atoms with Crippen LogP contribution >= 0.6 is 7.60 Å². The van der Waals surface area contributed by atoms with Crippen molar-refractivity contribution in [3.8, 4) is 0 Å². The van der Waals surface area contributed by atoms with Crippen LogP contribution in [0.25, 0.3) is 0 Å². The van der Waals surface area contributed by atoms with Gasteiger partial charge in [-0.3, -0.25) is 19.5 Å². The molecule has 0 spiro atoms. The number of nitro groups is 1. The SMILES string of the molecule is CCOP(=O)(OCC)C1=CC[C@@H](c2ccc([N+](=O)[O-])cc2)[C@@H]1C(=O)c1ccccc1. The lowest BCUT2D eigenvalue weighted by atomic mass is 9.83. The molecule has 0 fully saturated rings. The Bertz CT molecular complexity index is 976. The van der Waals surface area contributed by atoms with E-state index >= 15 is 0 Å². The van der Waals surface area contributed by atoms with Crippen LogP contribution in [0.3, 0.4) is 0 Å². The minimum Gasteiger partial charge on any atom is -0.306 e. The summed E-state index contributed by atoms with van der Waals surface area (Å²) >= 11 is 0. The predicted molar refractivity (Wildman–Crippen MR) is 114 cm³/mol. The van der Waals surface area contributed by atoms with Crippen molar-refractivity contribution in [2.45, 2.75) is 26.2 Å². The second-order valence-electron chi connectivity index (χ2n) is 6.86. The molecule has 2 atom stereocenters. The van der Waals surface area contributed by atoms with E-state index in [1.807, 2.05) is 6.07 Å². The summed E-state index contributed by atoms with van der Waals surface area (Å²) in [6, 6.07) is 14.9. The van der Waals surface area contributed by atoms with E-state index in [1.54, 1.807) is 56.3 Å². The first-order valence-electron chi connectivity index (χ1n) is 9.84. The van der Waals surface area contributed by atoms with Gasteiger partial charge in [-0.25, -0.2) is 0 Å². The molecule has 0 saturated carbocycles. The second kappa shape index (κ2) is 9.47. The van der Waals surface area contributed by atoms with Crippen LogP contribution in [0.2, 0.25) is 0 Å². The number of Topliss-reactive ketones (excluding diaryl/α,β-unsaturated/α-hetero) is 1. The summed E-state index contributed by atoms with van der Waals surface area (Å²) in [5.41, 5.74) is 1.24. The zero-order valence-corrected chi connectivity index (χ0v) is 17.8. The molecule has 158 valence electrons. The van der Waals surface area contributed by atoms with Gasteiger partial charge in [0.25, 0.3) is 5.69 Å². The third-order valence-corrected chi connectivity index (χ3v) is 7.38. The highest BCUT2D eigenvalue weighted by Gasteiger charge is 2.46. The number of hydrogen-bond donors (Lipinski definition) is 0. The quantitative estimate of drug-likeness (QED) is 0.219. The lowest BCUT2D eigenvalue weighted by molar-refractivity contribution is -0.384. The van der Waals surface area contributed by atoms with E-state index in [-0.39, 0.29) is 30.6 Å². The fraction of sp³-hybridized carbons (Fsp3) is 0.318. The third kappa shape index (κ3) is 4.43. The first kappa shape index (κ1) is 22.1. The van der Waals surface area contributed by atoms with E-state index in [0.29, 0.717) is 17.3 Å². The Hall–Kier alpha value is -2.60. The summed E-state index contributed by atoms with van der Waals surface area (Å²) in [4.78, 5) is 24.0. The van der Waals surface area contributed by atoms with Crippen LogP contribution in [0.15, 0.2) is 66.0 Å². The molecule has 1 aliphatic carbocycles. The zero-order chi connectivity index (χ0) is 21.7. The van der Waals surface area contributed by atoms with Gasteiger partial charge < -0.3 is 9.05 Å². The summed E-state index contributed by atoms with van der Waals surface area (Å²) in [5, 5.41) is 11.4. The second-order valence-corrected chi connectivity index (χ2v) is 8.89. The van der Waals surface area contributed by atoms with Gasteiger partial charge in [0.1, 0.15) is 0 Å². The van der Waals surface area contributed by atoms with Gasteiger partial charge in [-0.1, -0.05) is 48.5 Å². The van der Waals surface area contributed by atoms with Crippen molar-refractivity contribution in [2.24, 2.45) is 5.92 Å². The van der Waals surface area contributed by atoms with E-state index in [1.165, 1.54) is 12.1 Å². The Kier molecular flexibility index (Phi) is 6.98. The molecule has 2 aromatic carbocycles. The van der Waals surface area contributed by atoms with Gasteiger partial charge in [0.2, 0.25) is 0 Å². The highest BCUT2D eigenvalue weighted by Crippen LogP contribution is 2.64. The van der Waals surface area contributed by atoms with Gasteiger partial charge in [0.15, 0.2) is 5.78 Å². The van der Waals surface area contributed by atoms with Crippen molar-refractivity contribution in [1.29, 1.82) is 0 Å². The molecule has 8 heteroatoms. The van der Waals surface area contributed by atoms with Crippen LogP contribution in [-0.2, 0) is 13.6 Å². The van der Waals surface area contributed by atoms with Crippen LogP contribution < -0.4 is 0 Å². The Morgan fingerprint density at radius 1 is 1.07 bits per heavy atom. The first-order chi connectivity index (χ1) is 14.4. The topological polar surface area (TPSA) is 95.7 Å². The third-order valence-electron chi connectivity index (χ3n) is 5.09. The molecular formula is C22H24NO6P. The molecule has 30 heavy (non-hydrogen) atoms. The molecule has 0 aliphatic heterocycles. The number of ketones is 1. The highest BCUT2D eigenvalue weighted by molar-refractivity contribution is 7.58. The molecule has 0 bridgehead atoms. The molecule has 0 saturated heterocycles. The number of carbonyl (C=O) groups is 1. The number of nitrogens with zero attached hydrogens (tertiary/aromatic N) is 1. The van der Waals surface area contributed by atoms with Gasteiger partial charge in [-0.2, -0.15) is 0 Å². The van der Waals surface area contributed by atoms with Crippen molar-refractivity contribution < 1.29 is 23.3 Å². The maximum atomic E-state index is 13.5. The van der Waals surface area contributed by atoms with Crippen LogP contribution in [0, 0.1) is 16.0 Å². The van der Waals surface area contributed by atoms with Crippen LogP contribution in [-0.4, -0.2) is 23.9 Å². The van der Waals surface area contributed by atoms with Gasteiger partial charge >= 0.3 is 7.60 Å². The van der Waals surface area contributed by atoms with E-state index in [0.717, 1.165) is 5.56 Å². The van der Waals surface area contributed by atoms with Crippen molar-refractivity contribution in [3.05, 3.63) is 87.2 Å². The number of benzene rings is 2. The van der Waals surface area contributed by atoms with E-state index in [9.17, 15) is 19.5 Å². The highest BCUT2D eigenvalue weighted by atomic mass is 31.2. The first-order valence-corrected chi connectivity index (χ1v) is 11.4. The number of rotatable bonds is 9. The van der Waals surface area contributed by atoms with Gasteiger partial charge in [0, 0.05) is 28.9 Å². The van der Waals surface area contributed by atoms with Crippen LogP contribution in [0.4, 0.5) is 5.69 Å². The van der Waals surface area contributed by atoms with E-state index < -0.39 is 18.4 Å². The smallest absolute Gasteiger partial charge is 0.306 e. The summed E-state index contributed by atoms with van der Waals surface area (Å²) in [6.07, 6.45) is 2.23. The lowest BCUT2D eigenvalue weighted by Gasteiger charge is -2.26. The maximum Gasteiger partial charge on any atom is 0.357 e. The minimum absolute atomic E-state index is 0.0230. The summed E-state index contributed by atoms with van der Waals surface area (Å²) in [5.74, 6) is -1.23. The molecule has 0 radical (unpaired) electrons. The normalized spacial score (nSPS) is 18.8. The van der Waals surface area contributed by atoms with Crippen molar-refractivity contribution in [2.75, 3.05) is 13.2 Å². The zero-order valence-electron chi connectivity index (χ0n) is 16.9. The molecule has 0 amide bonds. The predicted octanol–water partition coefficient (Wildman–Crippen LogP) is 5.73. The standard InChI is InChI=1S/C22H24NO6P/c1-3-28-30(27,29-4-2)20-15-14-19(16-10-12-18(13-11-16)23(25)26)21(20)22(24)17-8-6-5-7-9-17/h5-13,15,19,21H,3-4,14H2,1-2H3/t19-,21-/m0/s1. The average Bonchev–Trinajstić information content (AvgIpc) is 3.20. The van der Waals surface area contributed by atoms with E-state index in [4.69, 9.17) is 9.05 Å². The lowest BCUT2D eigenvalue weighted by Crippen LogP contribution is -2.22. The van der Waals surface area contributed by atoms with E-state index in [2.05, 4.69) is 0 Å². The fourth-order valence-electron chi connectivity index (χ4n) is 3.80. The number of allylic oxidation sites excluding steroid dienone is 2. The summed E-state index contributed by atoms with van der Waals surface area (Å²) in [7, 11) is -3.65. The number of carbonyl (C=O) groups excluding carboxylic acids is 1. The minimum atomic E-state index is -3.65. The molecule has 1 aliphatic rings. The molecule has 0 N–H and O–H groups in total. The fourth-order valence-corrected chi connectivity index (χ4v) is 5.82.